The summed E-state index contributed by atoms with van der Waals surface area (Å²) in [6.07, 6.45) is 2.30. The van der Waals surface area contributed by atoms with Crippen LogP contribution in [-0.4, -0.2) is 43.2 Å². The van der Waals surface area contributed by atoms with E-state index < -0.39 is 24.7 Å². The van der Waals surface area contributed by atoms with E-state index in [9.17, 15) is 15.0 Å². The van der Waals surface area contributed by atoms with Crippen LogP contribution >= 0.6 is 0 Å². The summed E-state index contributed by atoms with van der Waals surface area (Å²) in [4.78, 5) is 19.6. The van der Waals surface area contributed by atoms with E-state index in [2.05, 4.69) is 9.98 Å². The Morgan fingerprint density at radius 1 is 1.40 bits per heavy atom. The highest BCUT2D eigenvalue weighted by Gasteiger charge is 2.25. The van der Waals surface area contributed by atoms with Crippen molar-refractivity contribution in [2.75, 3.05) is 0 Å². The van der Waals surface area contributed by atoms with E-state index in [0.29, 0.717) is 0 Å². The van der Waals surface area contributed by atoms with Crippen molar-refractivity contribution in [1.29, 1.82) is 0 Å². The molecule has 2 heterocycles. The lowest BCUT2D eigenvalue weighted by molar-refractivity contribution is -0.137. The van der Waals surface area contributed by atoms with Gasteiger partial charge in [-0.3, -0.25) is 14.4 Å². The number of aromatic hydroxyl groups is 1. The van der Waals surface area contributed by atoms with Crippen molar-refractivity contribution in [3.05, 3.63) is 41.3 Å². The highest BCUT2D eigenvalue weighted by atomic mass is 16.4. The van der Waals surface area contributed by atoms with Gasteiger partial charge >= 0.3 is 5.97 Å². The molecule has 0 amide bonds. The summed E-state index contributed by atoms with van der Waals surface area (Å²) >= 11 is 0. The highest BCUT2D eigenvalue weighted by Crippen LogP contribution is 2.34. The smallest absolute Gasteiger partial charge is 0.323 e. The predicted molar refractivity (Wildman–Crippen MR) is 92.6 cm³/mol. The first kappa shape index (κ1) is 16.9. The van der Waals surface area contributed by atoms with E-state index >= 15 is 0 Å². The van der Waals surface area contributed by atoms with E-state index in [-0.39, 0.29) is 17.4 Å². The van der Waals surface area contributed by atoms with Gasteiger partial charge in [-0.15, -0.1) is 0 Å². The number of carbonyl (C=O) groups is 1. The largest absolute Gasteiger partial charge is 0.493 e. The number of aliphatic hydroxyl groups excluding tert-OH is 1. The maximum Gasteiger partial charge on any atom is 0.323 e. The molecule has 3 rings (SSSR count). The Kier molecular flexibility index (Phi) is 4.39. The average molecular weight is 342 g/mol. The molecule has 8 nitrogen and oxygen atoms in total. The zero-order valence-corrected chi connectivity index (χ0v) is 13.5. The van der Waals surface area contributed by atoms with Crippen molar-refractivity contribution in [1.82, 2.24) is 9.55 Å². The number of allylic oxidation sites excluding steroid dienone is 1. The van der Waals surface area contributed by atoms with Gasteiger partial charge in [-0.1, -0.05) is 18.2 Å². The maximum absolute atomic E-state index is 11.1. The summed E-state index contributed by atoms with van der Waals surface area (Å²) in [5, 5.41) is 29.2. The van der Waals surface area contributed by atoms with Crippen LogP contribution in [0.5, 0.6) is 5.88 Å². The van der Waals surface area contributed by atoms with Crippen molar-refractivity contribution in [3.63, 3.8) is 0 Å². The van der Waals surface area contributed by atoms with Gasteiger partial charge in [-0.25, -0.2) is 4.98 Å². The second-order valence-electron chi connectivity index (χ2n) is 5.80. The number of imidazole rings is 1. The number of para-hydroxylation sites is 1. The van der Waals surface area contributed by atoms with E-state index in [1.165, 1.54) is 6.92 Å². The number of benzene rings is 1. The Morgan fingerprint density at radius 2 is 2.12 bits per heavy atom. The molecule has 1 aliphatic heterocycles. The zero-order chi connectivity index (χ0) is 18.1. The predicted octanol–water partition coefficient (Wildman–Crippen LogP) is 1.31. The van der Waals surface area contributed by atoms with E-state index in [1.807, 2.05) is 24.3 Å². The number of aromatic nitrogens is 2. The monoisotopic (exact) mass is 342 g/mol. The lowest BCUT2D eigenvalue weighted by Crippen LogP contribution is -2.27. The third-order valence-electron chi connectivity index (χ3n) is 3.96. The molecular formula is C17H18N4O4. The number of nitrogens with two attached hydrogens (primary N) is 1. The molecule has 0 unspecified atom stereocenters. The van der Waals surface area contributed by atoms with E-state index in [4.69, 9.17) is 10.8 Å². The molecule has 0 aliphatic carbocycles. The topological polar surface area (TPSA) is 134 Å². The first-order valence-electron chi connectivity index (χ1n) is 7.68. The van der Waals surface area contributed by atoms with Crippen molar-refractivity contribution in [3.8, 4) is 5.88 Å². The Morgan fingerprint density at radius 3 is 2.80 bits per heavy atom. The standard InChI is InChI=1S/C17H18N4O4/c1-9(22)15(18)16-20-13(17(25)21(16)8-14(23)24)6-10-7-19-12-5-3-2-4-11(10)12/h2-7,9,15,22,25H,8,18H2,1H3,(H,23,24)/b10-6+/t9-,15+/m1/s1. The number of nitrogens with zero attached hydrogens (tertiary/aromatic N) is 3. The van der Waals surface area contributed by atoms with Gasteiger partial charge in [0.05, 0.1) is 17.8 Å². The van der Waals surface area contributed by atoms with Gasteiger partial charge < -0.3 is 21.1 Å². The fourth-order valence-electron chi connectivity index (χ4n) is 2.64. The minimum absolute atomic E-state index is 0.102. The molecule has 130 valence electrons. The molecule has 0 saturated carbocycles. The fourth-order valence-corrected chi connectivity index (χ4v) is 2.64. The number of fused-ring (bicyclic) bond motifs is 1. The molecule has 0 spiro atoms. The van der Waals surface area contributed by atoms with E-state index in [0.717, 1.165) is 21.4 Å². The number of aliphatic imine (C=N–C) groups is 1. The minimum Gasteiger partial charge on any atom is -0.493 e. The zero-order valence-electron chi connectivity index (χ0n) is 13.5. The summed E-state index contributed by atoms with van der Waals surface area (Å²) < 4.78 is 1.09. The van der Waals surface area contributed by atoms with Crippen LogP contribution in [0.15, 0.2) is 29.3 Å². The minimum atomic E-state index is -1.15. The number of aliphatic carboxylic acids is 1. The van der Waals surface area contributed by atoms with Gasteiger partial charge in [0.15, 0.2) is 0 Å². The Labute approximate surface area is 143 Å². The summed E-state index contributed by atoms with van der Waals surface area (Å²) in [6.45, 7) is 0.960. The van der Waals surface area contributed by atoms with Gasteiger partial charge in [0.2, 0.25) is 5.88 Å². The summed E-state index contributed by atoms with van der Waals surface area (Å²) in [5.41, 5.74) is 8.50. The van der Waals surface area contributed by atoms with Gasteiger partial charge in [0, 0.05) is 17.4 Å². The molecule has 0 fully saturated rings. The van der Waals surface area contributed by atoms with Crippen molar-refractivity contribution in [2.45, 2.75) is 25.6 Å². The SMILES string of the molecule is C[C@@H](O)[C@H](N)c1nc(/C=C2\C=Nc3ccccc32)c(O)n1CC(=O)O. The number of hydrogen-bond acceptors (Lipinski definition) is 6. The molecular weight excluding hydrogens is 324 g/mol. The molecule has 5 N–H and O–H groups in total. The molecule has 1 aromatic heterocycles. The van der Waals surface area contributed by atoms with Crippen LogP contribution in [0.1, 0.15) is 30.0 Å². The summed E-state index contributed by atoms with van der Waals surface area (Å²) in [6, 6.07) is 6.57. The molecule has 0 radical (unpaired) electrons. The quantitative estimate of drug-likeness (QED) is 0.647. The maximum atomic E-state index is 11.1. The fraction of sp³-hybridized carbons (Fsp3) is 0.235. The molecule has 1 aromatic carbocycles. The third-order valence-corrected chi connectivity index (χ3v) is 3.96. The van der Waals surface area contributed by atoms with Gasteiger partial charge in [-0.2, -0.15) is 0 Å². The first-order valence-corrected chi connectivity index (χ1v) is 7.68. The van der Waals surface area contributed by atoms with Crippen LogP contribution in [0.2, 0.25) is 0 Å². The van der Waals surface area contributed by atoms with Gasteiger partial charge in [0.25, 0.3) is 0 Å². The number of aliphatic hydroxyl groups is 1. The Hall–Kier alpha value is -2.97. The molecule has 0 saturated heterocycles. The van der Waals surface area contributed by atoms with Crippen LogP contribution in [0.4, 0.5) is 5.69 Å². The third kappa shape index (κ3) is 3.17. The number of carboxylic acids is 1. The van der Waals surface area contributed by atoms with Crippen LogP contribution in [0.3, 0.4) is 0 Å². The highest BCUT2D eigenvalue weighted by molar-refractivity contribution is 6.21. The van der Waals surface area contributed by atoms with Crippen LogP contribution < -0.4 is 5.73 Å². The first-order chi connectivity index (χ1) is 11.9. The number of carboxylic acid groups (broad SMARTS) is 1. The Bertz CT molecular complexity index is 883. The normalized spacial score (nSPS) is 16.8. The lowest BCUT2D eigenvalue weighted by atomic mass is 10.1. The van der Waals surface area contributed by atoms with E-state index in [1.54, 1.807) is 12.3 Å². The van der Waals surface area contributed by atoms with Crippen molar-refractivity contribution < 1.29 is 20.1 Å². The Balaban J connectivity index is 2.07. The summed E-state index contributed by atoms with van der Waals surface area (Å²) in [5.74, 6) is -1.37. The van der Waals surface area contributed by atoms with Crippen molar-refractivity contribution in [2.24, 2.45) is 10.7 Å². The molecule has 2 aromatic rings. The molecule has 2 atom stereocenters. The molecule has 1 aliphatic rings. The molecule has 25 heavy (non-hydrogen) atoms. The second-order valence-corrected chi connectivity index (χ2v) is 5.80. The lowest BCUT2D eigenvalue weighted by Gasteiger charge is -2.15. The molecule has 0 bridgehead atoms. The molecule has 8 heteroatoms. The summed E-state index contributed by atoms with van der Waals surface area (Å²) in [7, 11) is 0. The van der Waals surface area contributed by atoms with Gasteiger partial charge in [-0.05, 0) is 19.1 Å². The van der Waals surface area contributed by atoms with Crippen LogP contribution in [0, 0.1) is 0 Å². The number of rotatable bonds is 5. The van der Waals surface area contributed by atoms with Crippen LogP contribution in [0.25, 0.3) is 11.6 Å². The number of hydrogen-bond donors (Lipinski definition) is 4. The van der Waals surface area contributed by atoms with Crippen LogP contribution in [-0.2, 0) is 11.3 Å². The average Bonchev–Trinajstić information content (AvgIpc) is 3.10. The van der Waals surface area contributed by atoms with Gasteiger partial charge in [0.1, 0.15) is 18.1 Å². The second kappa shape index (κ2) is 6.50. The van der Waals surface area contributed by atoms with Crippen molar-refractivity contribution >= 4 is 29.5 Å².